The zero-order chi connectivity index (χ0) is 30.0. The summed E-state index contributed by atoms with van der Waals surface area (Å²) in [6, 6.07) is 18.7. The average Bonchev–Trinajstić information content (AvgIpc) is 3.30. The van der Waals surface area contributed by atoms with Crippen LogP contribution in [0.1, 0.15) is 36.1 Å². The predicted octanol–water partition coefficient (Wildman–Crippen LogP) is 5.65. The van der Waals surface area contributed by atoms with Gasteiger partial charge in [0.1, 0.15) is 12.4 Å². The number of nitrogens with zero attached hydrogens (tertiary/aromatic N) is 3. The van der Waals surface area contributed by atoms with E-state index in [4.69, 9.17) is 14.5 Å². The number of halogens is 2. The Morgan fingerprint density at radius 1 is 1.19 bits per heavy atom. The van der Waals surface area contributed by atoms with E-state index in [-0.39, 0.29) is 17.9 Å². The summed E-state index contributed by atoms with van der Waals surface area (Å²) in [7, 11) is 1.33. The topological polar surface area (TPSA) is 113 Å². The smallest absolute Gasteiger partial charge is 0.338 e. The molecule has 2 heterocycles. The third-order valence-corrected chi connectivity index (χ3v) is 8.99. The number of benzene rings is 3. The number of carbonyl (C=O) groups excluding carboxylic acids is 1. The monoisotopic (exact) mass is 759 g/mol. The lowest BCUT2D eigenvalue weighted by atomic mass is 9.95. The summed E-state index contributed by atoms with van der Waals surface area (Å²) in [5.74, 6) is 0.105. The van der Waals surface area contributed by atoms with E-state index in [1.165, 1.54) is 30.6 Å². The fourth-order valence-corrected chi connectivity index (χ4v) is 7.43. The molecule has 0 unspecified atom stereocenters. The third-order valence-electron chi connectivity index (χ3n) is 6.61. The predicted molar refractivity (Wildman–Crippen MR) is 171 cm³/mol. The Bertz CT molecular complexity index is 1880. The maximum Gasteiger partial charge on any atom is 0.338 e. The van der Waals surface area contributed by atoms with Crippen LogP contribution >= 0.6 is 49.9 Å². The molecule has 4 aromatic rings. The number of fused-ring (bicyclic) bond motifs is 1. The zero-order valence-corrected chi connectivity index (χ0v) is 26.9. The second-order valence-electron chi connectivity index (χ2n) is 9.22. The Kier molecular flexibility index (Phi) is 9.04. The molecule has 1 atom stereocenters. The fraction of sp³-hybridized carbons (Fsp3) is 0.167. The number of esters is 1. The first-order valence-corrected chi connectivity index (χ1v) is 15.4. The minimum Gasteiger partial charge on any atom is -0.487 e. The number of hydrogen-bond acceptors (Lipinski definition) is 8. The van der Waals surface area contributed by atoms with Gasteiger partial charge in [-0.1, -0.05) is 48.6 Å². The molecule has 0 saturated carbocycles. The highest BCUT2D eigenvalue weighted by atomic mass is 127. The lowest BCUT2D eigenvalue weighted by Gasteiger charge is -2.25. The van der Waals surface area contributed by atoms with Gasteiger partial charge in [0.25, 0.3) is 11.2 Å². The van der Waals surface area contributed by atoms with Crippen molar-refractivity contribution in [1.82, 2.24) is 4.57 Å². The van der Waals surface area contributed by atoms with Gasteiger partial charge in [0.15, 0.2) is 4.80 Å². The third kappa shape index (κ3) is 5.96. The first-order chi connectivity index (χ1) is 20.2. The van der Waals surface area contributed by atoms with E-state index >= 15 is 0 Å². The van der Waals surface area contributed by atoms with E-state index in [9.17, 15) is 19.7 Å². The van der Waals surface area contributed by atoms with Crippen molar-refractivity contribution in [3.63, 3.8) is 0 Å². The second-order valence-corrected chi connectivity index (χ2v) is 12.3. The standard InChI is InChI=1S/C30H23BrIN3O6S/c1-3-23-25(29(37)40-2)26(19-7-5-4-6-8-19)34-28(36)24(42-30(34)33-23)15-18-13-21(31)27(22(32)14-18)41-16-17-9-11-20(12-10-17)35(38)39/h4-15,26H,3,16H2,1-2H3/b24-15-/t26-/m1/s1. The number of nitro benzene ring substituents is 1. The molecular weight excluding hydrogens is 737 g/mol. The van der Waals surface area contributed by atoms with Crippen molar-refractivity contribution in [2.45, 2.75) is 26.0 Å². The van der Waals surface area contributed by atoms with Crippen LogP contribution in [0.5, 0.6) is 5.75 Å². The Balaban J connectivity index is 1.52. The molecule has 5 rings (SSSR count). The highest BCUT2D eigenvalue weighted by Gasteiger charge is 2.33. The van der Waals surface area contributed by atoms with Gasteiger partial charge in [-0.25, -0.2) is 9.79 Å². The highest BCUT2D eigenvalue weighted by molar-refractivity contribution is 14.1. The van der Waals surface area contributed by atoms with Crippen LogP contribution in [-0.2, 0) is 16.1 Å². The number of aromatic nitrogens is 1. The van der Waals surface area contributed by atoms with Gasteiger partial charge in [-0.2, -0.15) is 0 Å². The number of thiazole rings is 1. The van der Waals surface area contributed by atoms with Gasteiger partial charge >= 0.3 is 5.97 Å². The molecule has 0 amide bonds. The molecule has 0 spiro atoms. The van der Waals surface area contributed by atoms with E-state index in [1.54, 1.807) is 22.8 Å². The van der Waals surface area contributed by atoms with E-state index in [0.717, 1.165) is 20.3 Å². The molecule has 1 aliphatic heterocycles. The number of allylic oxidation sites excluding steroid dienone is 1. The number of non-ortho nitro benzene ring substituents is 1. The molecule has 1 aromatic heterocycles. The number of carbonyl (C=O) groups is 1. The summed E-state index contributed by atoms with van der Waals surface area (Å²) >= 11 is 7.02. The minimum absolute atomic E-state index is 0.0201. The largest absolute Gasteiger partial charge is 0.487 e. The van der Waals surface area contributed by atoms with Crippen molar-refractivity contribution in [1.29, 1.82) is 0 Å². The van der Waals surface area contributed by atoms with Crippen LogP contribution < -0.4 is 19.6 Å². The van der Waals surface area contributed by atoms with Gasteiger partial charge in [0.05, 0.1) is 41.9 Å². The van der Waals surface area contributed by atoms with Crippen LogP contribution in [0.2, 0.25) is 0 Å². The molecule has 0 N–H and O–H groups in total. The van der Waals surface area contributed by atoms with Crippen molar-refractivity contribution < 1.29 is 19.2 Å². The summed E-state index contributed by atoms with van der Waals surface area (Å²) in [4.78, 5) is 42.4. The summed E-state index contributed by atoms with van der Waals surface area (Å²) in [5.41, 5.74) is 3.07. The quantitative estimate of drug-likeness (QED) is 0.0994. The van der Waals surface area contributed by atoms with E-state index in [1.807, 2.05) is 49.4 Å². The van der Waals surface area contributed by atoms with Crippen molar-refractivity contribution in [2.75, 3.05) is 7.11 Å². The first-order valence-electron chi connectivity index (χ1n) is 12.7. The number of nitro groups is 1. The molecule has 0 saturated heterocycles. The summed E-state index contributed by atoms with van der Waals surface area (Å²) in [6.07, 6.45) is 2.30. The molecule has 0 fully saturated rings. The summed E-state index contributed by atoms with van der Waals surface area (Å²) < 4.78 is 14.7. The van der Waals surface area contributed by atoms with Crippen LogP contribution in [0.25, 0.3) is 6.08 Å². The van der Waals surface area contributed by atoms with Gasteiger partial charge in [-0.3, -0.25) is 19.5 Å². The van der Waals surface area contributed by atoms with Crippen molar-refractivity contribution in [2.24, 2.45) is 4.99 Å². The molecule has 3 aromatic carbocycles. The second kappa shape index (κ2) is 12.7. The van der Waals surface area contributed by atoms with Crippen molar-refractivity contribution >= 4 is 67.6 Å². The van der Waals surface area contributed by atoms with Crippen LogP contribution in [0, 0.1) is 13.7 Å². The molecule has 0 aliphatic carbocycles. The molecule has 42 heavy (non-hydrogen) atoms. The Morgan fingerprint density at radius 2 is 1.90 bits per heavy atom. The molecule has 0 radical (unpaired) electrons. The zero-order valence-electron chi connectivity index (χ0n) is 22.4. The SMILES string of the molecule is CCC1=C(C(=O)OC)[C@@H](c2ccccc2)n2c(s/c(=C\c3cc(Br)c(OCc4ccc([N+](=O)[O-])cc4)c(I)c3)c2=O)=N1. The average molecular weight is 760 g/mol. The van der Waals surface area contributed by atoms with E-state index in [0.29, 0.717) is 37.2 Å². The van der Waals surface area contributed by atoms with Crippen LogP contribution in [-0.4, -0.2) is 22.6 Å². The lowest BCUT2D eigenvalue weighted by molar-refractivity contribution is -0.384. The molecule has 12 heteroatoms. The van der Waals surface area contributed by atoms with Gasteiger partial charge < -0.3 is 9.47 Å². The molecular formula is C30H23BrIN3O6S. The number of rotatable bonds is 8. The lowest BCUT2D eigenvalue weighted by Crippen LogP contribution is -2.40. The maximum absolute atomic E-state index is 13.8. The Hall–Kier alpha value is -3.62. The molecule has 1 aliphatic rings. The van der Waals surface area contributed by atoms with Gasteiger partial charge in [0.2, 0.25) is 0 Å². The van der Waals surface area contributed by atoms with Gasteiger partial charge in [-0.05, 0) is 92.0 Å². The normalized spacial score (nSPS) is 14.8. The first kappa shape index (κ1) is 29.9. The summed E-state index contributed by atoms with van der Waals surface area (Å²) in [5, 5.41) is 10.9. The van der Waals surface area contributed by atoms with Crippen molar-refractivity contribution in [3.8, 4) is 5.75 Å². The fourth-order valence-electron chi connectivity index (χ4n) is 4.64. The van der Waals surface area contributed by atoms with Crippen LogP contribution in [0.15, 0.2) is 92.3 Å². The van der Waals surface area contributed by atoms with Crippen molar-refractivity contribution in [3.05, 3.63) is 133 Å². The summed E-state index contributed by atoms with van der Waals surface area (Å²) in [6.45, 7) is 2.15. The molecule has 9 nitrogen and oxygen atoms in total. The van der Waals surface area contributed by atoms with E-state index < -0.39 is 16.9 Å². The number of hydrogen-bond donors (Lipinski definition) is 0. The number of ether oxygens (including phenoxy) is 2. The highest BCUT2D eigenvalue weighted by Crippen LogP contribution is 2.34. The van der Waals surface area contributed by atoms with Crippen LogP contribution in [0.3, 0.4) is 0 Å². The minimum atomic E-state index is -0.658. The molecule has 214 valence electrons. The van der Waals surface area contributed by atoms with Gasteiger partial charge in [-0.15, -0.1) is 0 Å². The Morgan fingerprint density at radius 3 is 2.52 bits per heavy atom. The number of methoxy groups -OCH3 is 1. The van der Waals surface area contributed by atoms with Gasteiger partial charge in [0, 0.05) is 12.1 Å². The van der Waals surface area contributed by atoms with E-state index in [2.05, 4.69) is 38.5 Å². The van der Waals surface area contributed by atoms with Crippen LogP contribution in [0.4, 0.5) is 5.69 Å². The molecule has 0 bridgehead atoms. The Labute approximate surface area is 266 Å². The maximum atomic E-state index is 13.8.